The van der Waals surface area contributed by atoms with Crippen LogP contribution in [0.3, 0.4) is 0 Å². The molecule has 0 fully saturated rings. The molecule has 2 amide bonds. The molecule has 5 aromatic rings. The lowest BCUT2D eigenvalue weighted by atomic mass is 10.1. The molecule has 1 aromatic carbocycles. The standard InChI is InChI=1S/C23H18BrN7O3/c1-13-10-14(27-23(33)20-19(24)21-25-7-3-8-31(21)29-20)4-5-16(13)28-22(32)17-12-26-18-11-15(34-2)6-9-30(17)18/h3-12H,1-2H3,(H,27,33)(H,28,32). The molecular formula is C23H18BrN7O3. The van der Waals surface area contributed by atoms with E-state index in [0.717, 1.165) is 5.56 Å². The van der Waals surface area contributed by atoms with Crippen molar-refractivity contribution in [3.63, 3.8) is 0 Å². The Morgan fingerprint density at radius 3 is 2.68 bits per heavy atom. The molecule has 5 rings (SSSR count). The van der Waals surface area contributed by atoms with Gasteiger partial charge in [-0.2, -0.15) is 5.10 Å². The van der Waals surface area contributed by atoms with Crippen LogP contribution in [-0.2, 0) is 0 Å². The minimum atomic E-state index is -0.380. The SMILES string of the molecule is COc1ccn2c(C(=O)Nc3ccc(NC(=O)c4nn5cccnc5c4Br)cc3C)cnc2c1. The van der Waals surface area contributed by atoms with Crippen LogP contribution in [0.2, 0.25) is 0 Å². The van der Waals surface area contributed by atoms with Crippen LogP contribution in [-0.4, -0.2) is 42.9 Å². The number of benzene rings is 1. The largest absolute Gasteiger partial charge is 0.497 e. The van der Waals surface area contributed by atoms with E-state index in [0.29, 0.717) is 38.6 Å². The Balaban J connectivity index is 1.33. The predicted octanol–water partition coefficient (Wildman–Crippen LogP) is 3.96. The number of amides is 2. The summed E-state index contributed by atoms with van der Waals surface area (Å²) in [6.45, 7) is 1.84. The van der Waals surface area contributed by atoms with Crippen LogP contribution in [0.25, 0.3) is 11.3 Å². The molecule has 11 heteroatoms. The number of pyridine rings is 1. The van der Waals surface area contributed by atoms with Crippen molar-refractivity contribution in [1.82, 2.24) is 24.0 Å². The molecule has 170 valence electrons. The van der Waals surface area contributed by atoms with E-state index in [2.05, 4.69) is 41.6 Å². The molecule has 0 radical (unpaired) electrons. The molecule has 0 unspecified atom stereocenters. The van der Waals surface area contributed by atoms with Crippen LogP contribution < -0.4 is 15.4 Å². The quantitative estimate of drug-likeness (QED) is 0.363. The van der Waals surface area contributed by atoms with E-state index in [1.54, 1.807) is 66.5 Å². The first-order chi connectivity index (χ1) is 16.4. The number of nitrogens with one attached hydrogen (secondary N) is 2. The molecule has 0 aliphatic carbocycles. The van der Waals surface area contributed by atoms with Gasteiger partial charge >= 0.3 is 0 Å². The number of aryl methyl sites for hydroxylation is 1. The summed E-state index contributed by atoms with van der Waals surface area (Å²) < 4.78 is 8.92. The molecule has 0 spiro atoms. The van der Waals surface area contributed by atoms with E-state index in [1.165, 1.54) is 10.7 Å². The summed E-state index contributed by atoms with van der Waals surface area (Å²) in [6.07, 6.45) is 6.58. The highest BCUT2D eigenvalue weighted by molar-refractivity contribution is 9.10. The molecule has 34 heavy (non-hydrogen) atoms. The van der Waals surface area contributed by atoms with Crippen molar-refractivity contribution in [2.45, 2.75) is 6.92 Å². The highest BCUT2D eigenvalue weighted by atomic mass is 79.9. The van der Waals surface area contributed by atoms with E-state index in [4.69, 9.17) is 4.74 Å². The summed E-state index contributed by atoms with van der Waals surface area (Å²) in [4.78, 5) is 34.1. The highest BCUT2D eigenvalue weighted by Crippen LogP contribution is 2.24. The number of carbonyl (C=O) groups excluding carboxylic acids is 2. The fraction of sp³-hybridized carbons (Fsp3) is 0.0870. The zero-order valence-corrected chi connectivity index (χ0v) is 19.7. The average molecular weight is 520 g/mol. The van der Waals surface area contributed by atoms with Crippen LogP contribution >= 0.6 is 15.9 Å². The minimum Gasteiger partial charge on any atom is -0.497 e. The second-order valence-corrected chi connectivity index (χ2v) is 8.22. The number of fused-ring (bicyclic) bond motifs is 2. The predicted molar refractivity (Wildman–Crippen MR) is 130 cm³/mol. The monoisotopic (exact) mass is 519 g/mol. The van der Waals surface area contributed by atoms with Crippen molar-refractivity contribution in [2.75, 3.05) is 17.7 Å². The maximum absolute atomic E-state index is 12.9. The van der Waals surface area contributed by atoms with Gasteiger partial charge in [-0.3, -0.25) is 14.0 Å². The topological polar surface area (TPSA) is 115 Å². The van der Waals surface area contributed by atoms with Gasteiger partial charge in [-0.25, -0.2) is 14.5 Å². The van der Waals surface area contributed by atoms with Gasteiger partial charge < -0.3 is 15.4 Å². The van der Waals surface area contributed by atoms with Crippen LogP contribution in [0, 0.1) is 6.92 Å². The normalized spacial score (nSPS) is 11.0. The maximum atomic E-state index is 12.9. The Morgan fingerprint density at radius 1 is 1.06 bits per heavy atom. The lowest BCUT2D eigenvalue weighted by molar-refractivity contribution is 0.101. The smallest absolute Gasteiger partial charge is 0.277 e. The van der Waals surface area contributed by atoms with Gasteiger partial charge in [0.05, 0.1) is 17.8 Å². The van der Waals surface area contributed by atoms with Crippen LogP contribution in [0.15, 0.2) is 65.7 Å². The summed E-state index contributed by atoms with van der Waals surface area (Å²) in [7, 11) is 1.57. The molecule has 0 saturated carbocycles. The minimum absolute atomic E-state index is 0.220. The number of imidazole rings is 1. The fourth-order valence-electron chi connectivity index (χ4n) is 3.52. The summed E-state index contributed by atoms with van der Waals surface area (Å²) in [5, 5.41) is 10.0. The number of aromatic nitrogens is 5. The molecule has 0 aliphatic rings. The van der Waals surface area contributed by atoms with E-state index < -0.39 is 0 Å². The van der Waals surface area contributed by atoms with Gasteiger partial charge in [0.2, 0.25) is 0 Å². The van der Waals surface area contributed by atoms with Crippen molar-refractivity contribution in [3.8, 4) is 5.75 Å². The average Bonchev–Trinajstić information content (AvgIpc) is 3.41. The molecule has 0 bridgehead atoms. The van der Waals surface area contributed by atoms with Crippen molar-refractivity contribution >= 4 is 50.4 Å². The Labute approximate surface area is 201 Å². The summed E-state index contributed by atoms with van der Waals surface area (Å²) >= 11 is 3.39. The van der Waals surface area contributed by atoms with Gasteiger partial charge in [0.15, 0.2) is 11.3 Å². The van der Waals surface area contributed by atoms with E-state index >= 15 is 0 Å². The van der Waals surface area contributed by atoms with Crippen molar-refractivity contribution in [2.24, 2.45) is 0 Å². The third-order valence-corrected chi connectivity index (χ3v) is 5.97. The molecule has 10 nitrogen and oxygen atoms in total. The van der Waals surface area contributed by atoms with E-state index in [9.17, 15) is 9.59 Å². The highest BCUT2D eigenvalue weighted by Gasteiger charge is 2.19. The second kappa shape index (κ2) is 8.60. The van der Waals surface area contributed by atoms with Gasteiger partial charge in [-0.15, -0.1) is 0 Å². The van der Waals surface area contributed by atoms with Crippen LogP contribution in [0.5, 0.6) is 5.75 Å². The molecule has 0 saturated heterocycles. The van der Waals surface area contributed by atoms with Crippen molar-refractivity contribution in [1.29, 1.82) is 0 Å². The summed E-state index contributed by atoms with van der Waals surface area (Å²) in [6, 6.07) is 10.4. The number of rotatable bonds is 5. The molecule has 0 aliphatic heterocycles. The summed E-state index contributed by atoms with van der Waals surface area (Å²) in [5.74, 6) is -0.0288. The number of anilines is 2. The number of nitrogens with zero attached hydrogens (tertiary/aromatic N) is 5. The van der Waals surface area contributed by atoms with Gasteiger partial charge in [-0.1, -0.05) is 0 Å². The molecule has 4 heterocycles. The van der Waals surface area contributed by atoms with Crippen molar-refractivity contribution in [3.05, 3.63) is 82.6 Å². The zero-order chi connectivity index (χ0) is 23.8. The third kappa shape index (κ3) is 3.86. The first-order valence-electron chi connectivity index (χ1n) is 10.2. The molecular weight excluding hydrogens is 502 g/mol. The van der Waals surface area contributed by atoms with Gasteiger partial charge in [0.1, 0.15) is 17.1 Å². The number of ether oxygens (including phenoxy) is 1. The van der Waals surface area contributed by atoms with Crippen LogP contribution in [0.4, 0.5) is 11.4 Å². The lowest BCUT2D eigenvalue weighted by Gasteiger charge is -2.11. The number of methoxy groups -OCH3 is 1. The zero-order valence-electron chi connectivity index (χ0n) is 18.1. The molecule has 0 atom stereocenters. The number of hydrogen-bond acceptors (Lipinski definition) is 6. The second-order valence-electron chi connectivity index (χ2n) is 7.43. The van der Waals surface area contributed by atoms with Gasteiger partial charge in [0.25, 0.3) is 11.8 Å². The lowest BCUT2D eigenvalue weighted by Crippen LogP contribution is -2.16. The Hall–Kier alpha value is -4.25. The fourth-order valence-corrected chi connectivity index (χ4v) is 4.06. The summed E-state index contributed by atoms with van der Waals surface area (Å²) in [5.41, 5.74) is 3.72. The van der Waals surface area contributed by atoms with Gasteiger partial charge in [-0.05, 0) is 58.7 Å². The third-order valence-electron chi connectivity index (χ3n) is 5.24. The van der Waals surface area contributed by atoms with Crippen LogP contribution in [0.1, 0.15) is 26.5 Å². The van der Waals surface area contributed by atoms with E-state index in [1.807, 2.05) is 6.92 Å². The number of hydrogen-bond donors (Lipinski definition) is 2. The van der Waals surface area contributed by atoms with Gasteiger partial charge in [0, 0.05) is 36.0 Å². The van der Waals surface area contributed by atoms with Crippen molar-refractivity contribution < 1.29 is 14.3 Å². The Bertz CT molecular complexity index is 1570. The Kier molecular flexibility index (Phi) is 5.46. The molecule has 4 aromatic heterocycles. The van der Waals surface area contributed by atoms with E-state index in [-0.39, 0.29) is 17.5 Å². The maximum Gasteiger partial charge on any atom is 0.277 e. The number of halogens is 1. The first kappa shape index (κ1) is 21.6. The Morgan fingerprint density at radius 2 is 1.91 bits per heavy atom. The first-order valence-corrected chi connectivity index (χ1v) is 11.0. The molecule has 2 N–H and O–H groups in total. The number of carbonyl (C=O) groups is 2.